The first-order valence-electron chi connectivity index (χ1n) is 6.39. The Morgan fingerprint density at radius 3 is 2.43 bits per heavy atom. The number of nitrogen functional groups attached to an aromatic ring is 1. The Balaban J connectivity index is 2.66. The van der Waals surface area contributed by atoms with Crippen molar-refractivity contribution in [1.82, 2.24) is 9.97 Å². The van der Waals surface area contributed by atoms with E-state index in [9.17, 15) is 13.2 Å². The van der Waals surface area contributed by atoms with Gasteiger partial charge in [-0.1, -0.05) is 25.1 Å². The Morgan fingerprint density at radius 1 is 1.19 bits per heavy atom. The number of rotatable bonds is 3. The molecule has 4 nitrogen and oxygen atoms in total. The fourth-order valence-electron chi connectivity index (χ4n) is 2.18. The van der Waals surface area contributed by atoms with Crippen LogP contribution in [0.2, 0.25) is 0 Å². The van der Waals surface area contributed by atoms with Gasteiger partial charge in [0.1, 0.15) is 5.82 Å². The number of aromatic nitrogens is 2. The van der Waals surface area contributed by atoms with Crippen LogP contribution < -0.4 is 11.3 Å². The molecule has 0 fully saturated rings. The highest BCUT2D eigenvalue weighted by molar-refractivity contribution is 5.64. The van der Waals surface area contributed by atoms with E-state index < -0.39 is 11.7 Å². The van der Waals surface area contributed by atoms with Crippen LogP contribution in [0.1, 0.15) is 23.7 Å². The summed E-state index contributed by atoms with van der Waals surface area (Å²) in [6.07, 6.45) is -3.83. The third-order valence-electron chi connectivity index (χ3n) is 3.18. The molecule has 1 heterocycles. The van der Waals surface area contributed by atoms with Crippen molar-refractivity contribution in [3.8, 4) is 11.4 Å². The second kappa shape index (κ2) is 5.69. The number of nitrogens with two attached hydrogens (primary N) is 1. The smallest absolute Gasteiger partial charge is 0.308 e. The molecular weight excluding hydrogens is 281 g/mol. The summed E-state index contributed by atoms with van der Waals surface area (Å²) in [4.78, 5) is 8.31. The number of hydrazine groups is 1. The van der Waals surface area contributed by atoms with Crippen LogP contribution in [0.5, 0.6) is 0 Å². The summed E-state index contributed by atoms with van der Waals surface area (Å²) in [6.45, 7) is 3.62. The zero-order valence-corrected chi connectivity index (χ0v) is 11.6. The molecule has 0 atom stereocenters. The first-order chi connectivity index (χ1) is 9.88. The van der Waals surface area contributed by atoms with Crippen LogP contribution in [0, 0.1) is 6.92 Å². The molecule has 3 N–H and O–H groups in total. The van der Waals surface area contributed by atoms with Gasteiger partial charge in [-0.15, -0.1) is 0 Å². The molecule has 2 aromatic rings. The van der Waals surface area contributed by atoms with E-state index in [1.54, 1.807) is 6.92 Å². The van der Waals surface area contributed by atoms with Crippen LogP contribution >= 0.6 is 0 Å². The Kier molecular flexibility index (Phi) is 4.13. The van der Waals surface area contributed by atoms with E-state index >= 15 is 0 Å². The summed E-state index contributed by atoms with van der Waals surface area (Å²) in [5.74, 6) is 5.75. The first kappa shape index (κ1) is 15.2. The van der Waals surface area contributed by atoms with Crippen molar-refractivity contribution in [1.29, 1.82) is 0 Å². The quantitative estimate of drug-likeness (QED) is 0.673. The minimum Gasteiger partial charge on any atom is -0.308 e. The second-order valence-electron chi connectivity index (χ2n) is 4.50. The molecule has 0 spiro atoms. The SMILES string of the molecule is CCc1c(C)nc(-c2ccccc2C(F)(F)F)nc1NN. The average molecular weight is 296 g/mol. The van der Waals surface area contributed by atoms with Gasteiger partial charge in [-0.2, -0.15) is 13.2 Å². The molecule has 0 amide bonds. The lowest BCUT2D eigenvalue weighted by Crippen LogP contribution is -2.14. The largest absolute Gasteiger partial charge is 0.417 e. The highest BCUT2D eigenvalue weighted by Crippen LogP contribution is 2.36. The number of benzene rings is 1. The Labute approximate surface area is 120 Å². The van der Waals surface area contributed by atoms with Gasteiger partial charge >= 0.3 is 6.18 Å². The van der Waals surface area contributed by atoms with Crippen LogP contribution in [0.15, 0.2) is 24.3 Å². The van der Waals surface area contributed by atoms with Crippen LogP contribution in [0.4, 0.5) is 19.0 Å². The van der Waals surface area contributed by atoms with Crippen molar-refractivity contribution in [2.24, 2.45) is 5.84 Å². The molecule has 1 aromatic carbocycles. The standard InChI is InChI=1S/C14H15F3N4/c1-3-9-8(2)19-12(20-13(9)21-18)10-6-4-5-7-11(10)14(15,16)17/h4-7H,3,18H2,1-2H3,(H,19,20,21). The van der Waals surface area contributed by atoms with Gasteiger partial charge < -0.3 is 5.43 Å². The normalized spacial score (nSPS) is 11.5. The van der Waals surface area contributed by atoms with E-state index in [4.69, 9.17) is 5.84 Å². The summed E-state index contributed by atoms with van der Waals surface area (Å²) in [7, 11) is 0. The van der Waals surface area contributed by atoms with Crippen LogP contribution in [0.3, 0.4) is 0 Å². The molecule has 0 saturated heterocycles. The Morgan fingerprint density at radius 2 is 1.86 bits per heavy atom. The number of hydrogen-bond acceptors (Lipinski definition) is 4. The van der Waals surface area contributed by atoms with E-state index in [-0.39, 0.29) is 11.4 Å². The Bertz CT molecular complexity index is 653. The second-order valence-corrected chi connectivity index (χ2v) is 4.50. The van der Waals surface area contributed by atoms with E-state index in [0.29, 0.717) is 17.9 Å². The molecule has 0 radical (unpaired) electrons. The summed E-state index contributed by atoms with van der Waals surface area (Å²) in [5, 5.41) is 0. The maximum Gasteiger partial charge on any atom is 0.417 e. The zero-order chi connectivity index (χ0) is 15.6. The number of alkyl halides is 3. The van der Waals surface area contributed by atoms with Crippen molar-refractivity contribution in [2.45, 2.75) is 26.4 Å². The summed E-state index contributed by atoms with van der Waals surface area (Å²) < 4.78 is 39.2. The molecule has 112 valence electrons. The topological polar surface area (TPSA) is 63.8 Å². The molecular formula is C14H15F3N4. The molecule has 0 aliphatic carbocycles. The number of hydrogen-bond donors (Lipinski definition) is 2. The third-order valence-corrected chi connectivity index (χ3v) is 3.18. The van der Waals surface area contributed by atoms with Crippen LogP contribution in [0.25, 0.3) is 11.4 Å². The van der Waals surface area contributed by atoms with E-state index in [1.165, 1.54) is 18.2 Å². The van der Waals surface area contributed by atoms with E-state index in [2.05, 4.69) is 15.4 Å². The van der Waals surface area contributed by atoms with Gasteiger partial charge in [-0.25, -0.2) is 15.8 Å². The molecule has 0 bridgehead atoms. The van der Waals surface area contributed by atoms with Gasteiger partial charge in [-0.3, -0.25) is 0 Å². The summed E-state index contributed by atoms with van der Waals surface area (Å²) >= 11 is 0. The minimum atomic E-state index is -4.46. The number of anilines is 1. The maximum atomic E-state index is 13.1. The monoisotopic (exact) mass is 296 g/mol. The fourth-order valence-corrected chi connectivity index (χ4v) is 2.18. The van der Waals surface area contributed by atoms with Gasteiger partial charge in [0.2, 0.25) is 0 Å². The van der Waals surface area contributed by atoms with Gasteiger partial charge in [-0.05, 0) is 19.4 Å². The number of nitrogens with one attached hydrogen (secondary N) is 1. The van der Waals surface area contributed by atoms with E-state index in [0.717, 1.165) is 11.6 Å². The highest BCUT2D eigenvalue weighted by Gasteiger charge is 2.34. The molecule has 7 heteroatoms. The summed E-state index contributed by atoms with van der Waals surface area (Å²) in [5.41, 5.74) is 2.98. The number of aryl methyl sites for hydroxylation is 1. The van der Waals surface area contributed by atoms with Crippen molar-refractivity contribution < 1.29 is 13.2 Å². The minimum absolute atomic E-state index is 0.00516. The predicted octanol–water partition coefficient (Wildman–Crippen LogP) is 3.32. The molecule has 0 unspecified atom stereocenters. The van der Waals surface area contributed by atoms with E-state index in [1.807, 2.05) is 6.92 Å². The van der Waals surface area contributed by atoms with Gasteiger partial charge in [0.05, 0.1) is 5.56 Å². The van der Waals surface area contributed by atoms with Gasteiger partial charge in [0.25, 0.3) is 0 Å². The van der Waals surface area contributed by atoms with Crippen molar-refractivity contribution in [3.63, 3.8) is 0 Å². The summed E-state index contributed by atoms with van der Waals surface area (Å²) in [6, 6.07) is 5.22. The molecule has 0 aliphatic rings. The van der Waals surface area contributed by atoms with Gasteiger partial charge in [0, 0.05) is 16.8 Å². The molecule has 21 heavy (non-hydrogen) atoms. The maximum absolute atomic E-state index is 13.1. The number of halogens is 3. The Hall–Kier alpha value is -2.15. The molecule has 0 saturated carbocycles. The van der Waals surface area contributed by atoms with Crippen molar-refractivity contribution in [3.05, 3.63) is 41.1 Å². The fraction of sp³-hybridized carbons (Fsp3) is 0.286. The van der Waals surface area contributed by atoms with Crippen molar-refractivity contribution in [2.75, 3.05) is 5.43 Å². The zero-order valence-electron chi connectivity index (χ0n) is 11.6. The molecule has 2 rings (SSSR count). The predicted molar refractivity (Wildman–Crippen MR) is 74.4 cm³/mol. The van der Waals surface area contributed by atoms with Crippen molar-refractivity contribution >= 4 is 5.82 Å². The average Bonchev–Trinajstić information content (AvgIpc) is 2.45. The third kappa shape index (κ3) is 2.97. The lowest BCUT2D eigenvalue weighted by Gasteiger charge is -2.15. The number of nitrogens with zero attached hydrogens (tertiary/aromatic N) is 2. The lowest BCUT2D eigenvalue weighted by molar-refractivity contribution is -0.137. The van der Waals surface area contributed by atoms with Crippen LogP contribution in [-0.2, 0) is 12.6 Å². The molecule has 0 aliphatic heterocycles. The van der Waals surface area contributed by atoms with Crippen LogP contribution in [-0.4, -0.2) is 9.97 Å². The first-order valence-corrected chi connectivity index (χ1v) is 6.39. The lowest BCUT2D eigenvalue weighted by atomic mass is 10.1. The molecule has 1 aromatic heterocycles. The van der Waals surface area contributed by atoms with Gasteiger partial charge in [0.15, 0.2) is 5.82 Å². The highest BCUT2D eigenvalue weighted by atomic mass is 19.4.